The van der Waals surface area contributed by atoms with Crippen LogP contribution >= 0.6 is 0 Å². The SMILES string of the molecule is Cc1cc(C)c(OC(C)(C)C)c(N)c1. The second-order valence-electron chi connectivity index (χ2n) is 4.71. The first-order valence-corrected chi connectivity index (χ1v) is 4.85. The summed E-state index contributed by atoms with van der Waals surface area (Å²) in [5.74, 6) is 0.808. The Bertz CT molecular complexity index is 314. The van der Waals surface area contributed by atoms with Crippen LogP contribution in [0.5, 0.6) is 5.75 Å². The Morgan fingerprint density at radius 3 is 2.14 bits per heavy atom. The van der Waals surface area contributed by atoms with E-state index in [0.717, 1.165) is 17.0 Å². The lowest BCUT2D eigenvalue weighted by Gasteiger charge is -2.24. The molecular formula is C12H19NO. The number of hydrogen-bond donors (Lipinski definition) is 1. The number of hydrogen-bond acceptors (Lipinski definition) is 2. The van der Waals surface area contributed by atoms with Gasteiger partial charge in [-0.2, -0.15) is 0 Å². The molecule has 0 aliphatic heterocycles. The summed E-state index contributed by atoms with van der Waals surface area (Å²) >= 11 is 0. The summed E-state index contributed by atoms with van der Waals surface area (Å²) in [5, 5.41) is 0. The third-order valence-corrected chi connectivity index (χ3v) is 1.86. The lowest BCUT2D eigenvalue weighted by molar-refractivity contribution is 0.131. The average Bonchev–Trinajstić information content (AvgIpc) is 1.95. The molecular weight excluding hydrogens is 174 g/mol. The summed E-state index contributed by atoms with van der Waals surface area (Å²) in [6, 6.07) is 4.02. The summed E-state index contributed by atoms with van der Waals surface area (Å²) in [5.41, 5.74) is 8.69. The van der Waals surface area contributed by atoms with E-state index in [0.29, 0.717) is 0 Å². The number of aryl methyl sites for hydroxylation is 2. The zero-order chi connectivity index (χ0) is 10.9. The Morgan fingerprint density at radius 1 is 1.14 bits per heavy atom. The van der Waals surface area contributed by atoms with Crippen molar-refractivity contribution in [2.24, 2.45) is 0 Å². The fourth-order valence-corrected chi connectivity index (χ4v) is 1.43. The molecule has 0 heterocycles. The van der Waals surface area contributed by atoms with Gasteiger partial charge in [0, 0.05) is 0 Å². The van der Waals surface area contributed by atoms with Gasteiger partial charge in [-0.3, -0.25) is 0 Å². The van der Waals surface area contributed by atoms with Gasteiger partial charge in [-0.25, -0.2) is 0 Å². The van der Waals surface area contributed by atoms with Crippen LogP contribution in [0.4, 0.5) is 5.69 Å². The van der Waals surface area contributed by atoms with E-state index in [4.69, 9.17) is 10.5 Å². The van der Waals surface area contributed by atoms with Crippen molar-refractivity contribution in [3.05, 3.63) is 23.3 Å². The number of anilines is 1. The molecule has 2 N–H and O–H groups in total. The number of ether oxygens (including phenoxy) is 1. The Morgan fingerprint density at radius 2 is 1.71 bits per heavy atom. The van der Waals surface area contributed by atoms with Crippen molar-refractivity contribution in [1.29, 1.82) is 0 Å². The summed E-state index contributed by atoms with van der Waals surface area (Å²) in [6.45, 7) is 10.1. The van der Waals surface area contributed by atoms with Crippen LogP contribution in [0.25, 0.3) is 0 Å². The lowest BCUT2D eigenvalue weighted by Crippen LogP contribution is -2.24. The molecule has 0 fully saturated rings. The molecule has 0 radical (unpaired) electrons. The smallest absolute Gasteiger partial charge is 0.145 e. The Kier molecular flexibility index (Phi) is 2.74. The van der Waals surface area contributed by atoms with E-state index in [9.17, 15) is 0 Å². The minimum Gasteiger partial charge on any atom is -0.486 e. The molecule has 0 amide bonds. The van der Waals surface area contributed by atoms with Gasteiger partial charge in [-0.15, -0.1) is 0 Å². The van der Waals surface area contributed by atoms with E-state index in [1.165, 1.54) is 5.56 Å². The first kappa shape index (κ1) is 10.9. The quantitative estimate of drug-likeness (QED) is 0.696. The van der Waals surface area contributed by atoms with Crippen molar-refractivity contribution in [3.8, 4) is 5.75 Å². The lowest BCUT2D eigenvalue weighted by atomic mass is 10.1. The standard InChI is InChI=1S/C12H19NO/c1-8-6-9(2)11(10(13)7-8)14-12(3,4)5/h6-7H,13H2,1-5H3. The van der Waals surface area contributed by atoms with Crippen LogP contribution in [0, 0.1) is 13.8 Å². The molecule has 0 atom stereocenters. The van der Waals surface area contributed by atoms with Crippen LogP contribution in [0.3, 0.4) is 0 Å². The van der Waals surface area contributed by atoms with Crippen molar-refractivity contribution < 1.29 is 4.74 Å². The Labute approximate surface area is 86.1 Å². The van der Waals surface area contributed by atoms with E-state index in [1.54, 1.807) is 0 Å². The largest absolute Gasteiger partial charge is 0.486 e. The predicted molar refractivity (Wildman–Crippen MR) is 60.7 cm³/mol. The van der Waals surface area contributed by atoms with Gasteiger partial charge in [0.05, 0.1) is 5.69 Å². The highest BCUT2D eigenvalue weighted by Crippen LogP contribution is 2.30. The number of nitrogen functional groups attached to an aromatic ring is 1. The van der Waals surface area contributed by atoms with Gasteiger partial charge >= 0.3 is 0 Å². The summed E-state index contributed by atoms with van der Waals surface area (Å²) in [4.78, 5) is 0. The molecule has 0 unspecified atom stereocenters. The number of nitrogens with two attached hydrogens (primary N) is 1. The fourth-order valence-electron chi connectivity index (χ4n) is 1.43. The highest BCUT2D eigenvalue weighted by Gasteiger charge is 2.15. The highest BCUT2D eigenvalue weighted by molar-refractivity contribution is 5.58. The van der Waals surface area contributed by atoms with Crippen LogP contribution in [0.1, 0.15) is 31.9 Å². The van der Waals surface area contributed by atoms with Gasteiger partial charge < -0.3 is 10.5 Å². The average molecular weight is 193 g/mol. The molecule has 0 aliphatic carbocycles. The van der Waals surface area contributed by atoms with Gasteiger partial charge in [-0.1, -0.05) is 6.07 Å². The van der Waals surface area contributed by atoms with Crippen molar-refractivity contribution in [3.63, 3.8) is 0 Å². The topological polar surface area (TPSA) is 35.2 Å². The van der Waals surface area contributed by atoms with Crippen molar-refractivity contribution in [2.45, 2.75) is 40.2 Å². The third kappa shape index (κ3) is 2.66. The van der Waals surface area contributed by atoms with E-state index in [-0.39, 0.29) is 5.60 Å². The first-order chi connectivity index (χ1) is 6.29. The Hall–Kier alpha value is -1.18. The van der Waals surface area contributed by atoms with Gasteiger partial charge in [0.25, 0.3) is 0 Å². The molecule has 78 valence electrons. The molecule has 0 aromatic heterocycles. The minimum atomic E-state index is -0.200. The van der Waals surface area contributed by atoms with Crippen molar-refractivity contribution >= 4 is 5.69 Å². The zero-order valence-electron chi connectivity index (χ0n) is 9.64. The Balaban J connectivity index is 3.09. The maximum atomic E-state index is 5.90. The van der Waals surface area contributed by atoms with E-state index in [2.05, 4.69) is 6.07 Å². The molecule has 1 aromatic rings. The van der Waals surface area contributed by atoms with Crippen molar-refractivity contribution in [2.75, 3.05) is 5.73 Å². The summed E-state index contributed by atoms with van der Waals surface area (Å²) in [7, 11) is 0. The minimum absolute atomic E-state index is 0.200. The molecule has 0 aliphatic rings. The van der Waals surface area contributed by atoms with Gasteiger partial charge in [-0.05, 0) is 51.8 Å². The van der Waals surface area contributed by atoms with E-state index in [1.807, 2.05) is 40.7 Å². The molecule has 2 nitrogen and oxygen atoms in total. The highest BCUT2D eigenvalue weighted by atomic mass is 16.5. The van der Waals surface area contributed by atoms with Gasteiger partial charge in [0.2, 0.25) is 0 Å². The van der Waals surface area contributed by atoms with E-state index >= 15 is 0 Å². The molecule has 1 rings (SSSR count). The maximum absolute atomic E-state index is 5.90. The molecule has 0 spiro atoms. The molecule has 1 aromatic carbocycles. The normalized spacial score (nSPS) is 11.5. The molecule has 0 saturated heterocycles. The molecule has 14 heavy (non-hydrogen) atoms. The monoisotopic (exact) mass is 193 g/mol. The maximum Gasteiger partial charge on any atom is 0.145 e. The second-order valence-corrected chi connectivity index (χ2v) is 4.71. The van der Waals surface area contributed by atoms with Crippen LogP contribution in [0.2, 0.25) is 0 Å². The van der Waals surface area contributed by atoms with Crippen LogP contribution in [0.15, 0.2) is 12.1 Å². The first-order valence-electron chi connectivity index (χ1n) is 4.85. The van der Waals surface area contributed by atoms with Crippen LogP contribution in [-0.2, 0) is 0 Å². The number of benzene rings is 1. The molecule has 0 bridgehead atoms. The third-order valence-electron chi connectivity index (χ3n) is 1.86. The molecule has 2 heteroatoms. The second kappa shape index (κ2) is 3.52. The molecule has 0 saturated carbocycles. The van der Waals surface area contributed by atoms with Crippen molar-refractivity contribution in [1.82, 2.24) is 0 Å². The van der Waals surface area contributed by atoms with E-state index < -0.39 is 0 Å². The predicted octanol–water partition coefficient (Wildman–Crippen LogP) is 3.06. The summed E-state index contributed by atoms with van der Waals surface area (Å²) < 4.78 is 5.79. The van der Waals surface area contributed by atoms with Crippen LogP contribution < -0.4 is 10.5 Å². The zero-order valence-corrected chi connectivity index (χ0v) is 9.64. The summed E-state index contributed by atoms with van der Waals surface area (Å²) in [6.07, 6.45) is 0. The fraction of sp³-hybridized carbons (Fsp3) is 0.500. The van der Waals surface area contributed by atoms with Gasteiger partial charge in [0.15, 0.2) is 0 Å². The van der Waals surface area contributed by atoms with Crippen LogP contribution in [-0.4, -0.2) is 5.60 Å². The number of rotatable bonds is 1. The van der Waals surface area contributed by atoms with Gasteiger partial charge in [0.1, 0.15) is 11.4 Å².